The zero-order valence-corrected chi connectivity index (χ0v) is 16.3. The van der Waals surface area contributed by atoms with Gasteiger partial charge in [-0.25, -0.2) is 0 Å². The van der Waals surface area contributed by atoms with Crippen LogP contribution in [0.2, 0.25) is 5.02 Å². The molecule has 0 saturated heterocycles. The van der Waals surface area contributed by atoms with Crippen molar-refractivity contribution in [2.45, 2.75) is 19.9 Å². The van der Waals surface area contributed by atoms with E-state index in [-0.39, 0.29) is 17.7 Å². The lowest BCUT2D eigenvalue weighted by molar-refractivity contribution is -0.118. The second-order valence-electron chi connectivity index (χ2n) is 5.67. The molecule has 0 heterocycles. The normalized spacial score (nSPS) is 11.9. The molecule has 24 heavy (non-hydrogen) atoms. The minimum absolute atomic E-state index is 0.0692. The predicted molar refractivity (Wildman–Crippen MR) is 105 cm³/mol. The molecule has 4 nitrogen and oxygen atoms in total. The van der Waals surface area contributed by atoms with Gasteiger partial charge in [0, 0.05) is 9.13 Å². The summed E-state index contributed by atoms with van der Waals surface area (Å²) in [5, 5.41) is 6.04. The van der Waals surface area contributed by atoms with Crippen LogP contribution in [0.1, 0.15) is 24.2 Å². The molecule has 0 aliphatic carbocycles. The van der Waals surface area contributed by atoms with Gasteiger partial charge in [-0.15, -0.1) is 0 Å². The summed E-state index contributed by atoms with van der Waals surface area (Å²) in [4.78, 5) is 24.9. The van der Waals surface area contributed by atoms with E-state index in [0.29, 0.717) is 16.3 Å². The summed E-state index contributed by atoms with van der Waals surface area (Å²) in [6.45, 7) is 3.76. The van der Waals surface area contributed by atoms with Gasteiger partial charge in [0.05, 0.1) is 10.7 Å². The summed E-state index contributed by atoms with van der Waals surface area (Å²) in [5.74, 6) is -0.643. The summed E-state index contributed by atoms with van der Waals surface area (Å²) in [5.41, 5.74) is 1.05. The van der Waals surface area contributed by atoms with Gasteiger partial charge < -0.3 is 10.6 Å². The highest BCUT2D eigenvalue weighted by Crippen LogP contribution is 2.24. The van der Waals surface area contributed by atoms with Gasteiger partial charge in [-0.1, -0.05) is 43.6 Å². The molecule has 2 amide bonds. The Balaban J connectivity index is 2.12. The first-order valence-electron chi connectivity index (χ1n) is 7.50. The van der Waals surface area contributed by atoms with Crippen molar-refractivity contribution >= 4 is 51.7 Å². The van der Waals surface area contributed by atoms with Crippen molar-refractivity contribution in [3.63, 3.8) is 0 Å². The average molecular weight is 457 g/mol. The summed E-state index contributed by atoms with van der Waals surface area (Å²) < 4.78 is 0.980. The first-order valence-corrected chi connectivity index (χ1v) is 8.96. The van der Waals surface area contributed by atoms with E-state index in [1.807, 2.05) is 26.0 Å². The first kappa shape index (κ1) is 18.7. The number of halogens is 2. The highest BCUT2D eigenvalue weighted by Gasteiger charge is 2.25. The molecule has 1 atom stereocenters. The third kappa shape index (κ3) is 4.95. The molecule has 0 aliphatic heterocycles. The van der Waals surface area contributed by atoms with E-state index in [1.165, 1.54) is 0 Å². The highest BCUT2D eigenvalue weighted by molar-refractivity contribution is 14.1. The molecular formula is C18H18ClIN2O2. The molecule has 126 valence electrons. The number of anilines is 1. The lowest BCUT2D eigenvalue weighted by Gasteiger charge is -2.22. The Hall–Kier alpha value is -1.60. The van der Waals surface area contributed by atoms with Gasteiger partial charge in [0.25, 0.3) is 5.91 Å². The van der Waals surface area contributed by atoms with Gasteiger partial charge >= 0.3 is 0 Å². The van der Waals surface area contributed by atoms with Crippen molar-refractivity contribution in [1.29, 1.82) is 0 Å². The molecule has 6 heteroatoms. The Morgan fingerprint density at radius 1 is 1.08 bits per heavy atom. The number of carbonyl (C=O) groups excluding carboxylic acids is 2. The summed E-state index contributed by atoms with van der Waals surface area (Å²) in [6, 6.07) is 13.5. The number of amides is 2. The second kappa shape index (κ2) is 8.48. The van der Waals surface area contributed by atoms with Crippen LogP contribution in [0.3, 0.4) is 0 Å². The van der Waals surface area contributed by atoms with Crippen LogP contribution in [-0.4, -0.2) is 17.9 Å². The minimum Gasteiger partial charge on any atom is -0.340 e. The maximum atomic E-state index is 12.6. The molecule has 2 aromatic rings. The number of nitrogens with one attached hydrogen (secondary N) is 2. The highest BCUT2D eigenvalue weighted by atomic mass is 127. The average Bonchev–Trinajstić information content (AvgIpc) is 2.55. The molecule has 0 aliphatic rings. The van der Waals surface area contributed by atoms with E-state index in [0.717, 1.165) is 3.57 Å². The quantitative estimate of drug-likeness (QED) is 0.658. The molecular weight excluding hydrogens is 439 g/mol. The fraction of sp³-hybridized carbons (Fsp3) is 0.222. The van der Waals surface area contributed by atoms with Crippen LogP contribution in [0.4, 0.5) is 5.69 Å². The largest absolute Gasteiger partial charge is 0.340 e. The molecule has 2 N–H and O–H groups in total. The van der Waals surface area contributed by atoms with Gasteiger partial charge in [0.2, 0.25) is 5.91 Å². The smallest absolute Gasteiger partial charge is 0.251 e. The van der Waals surface area contributed by atoms with Crippen LogP contribution in [0, 0.1) is 9.49 Å². The van der Waals surface area contributed by atoms with Gasteiger partial charge in [0.1, 0.15) is 6.04 Å². The first-order chi connectivity index (χ1) is 11.4. The van der Waals surface area contributed by atoms with E-state index in [9.17, 15) is 9.59 Å². The minimum atomic E-state index is -0.659. The number of hydrogen-bond acceptors (Lipinski definition) is 2. The topological polar surface area (TPSA) is 58.2 Å². The van der Waals surface area contributed by atoms with Gasteiger partial charge in [0.15, 0.2) is 0 Å². The maximum absolute atomic E-state index is 12.6. The second-order valence-corrected chi connectivity index (χ2v) is 7.33. The van der Waals surface area contributed by atoms with E-state index >= 15 is 0 Å². The fourth-order valence-corrected chi connectivity index (χ4v) is 3.05. The van der Waals surface area contributed by atoms with Crippen LogP contribution in [0.5, 0.6) is 0 Å². The van der Waals surface area contributed by atoms with E-state index < -0.39 is 6.04 Å². The van der Waals surface area contributed by atoms with Crippen LogP contribution in [-0.2, 0) is 4.79 Å². The van der Waals surface area contributed by atoms with Crippen LogP contribution in [0.25, 0.3) is 0 Å². The standard InChI is InChI=1S/C18H18ClIN2O2/c1-11(2)16(22-17(23)12-6-4-3-5-7-12)18(24)21-15-9-8-13(20)10-14(15)19/h3-11,16H,1-2H3,(H,21,24)(H,22,23). The SMILES string of the molecule is CC(C)C(NC(=O)c1ccccc1)C(=O)Nc1ccc(I)cc1Cl. The van der Waals surface area contributed by atoms with E-state index in [4.69, 9.17) is 11.6 Å². The Labute approximate surface area is 160 Å². The van der Waals surface area contributed by atoms with E-state index in [2.05, 4.69) is 33.2 Å². The number of carbonyl (C=O) groups is 2. The molecule has 0 radical (unpaired) electrons. The van der Waals surface area contributed by atoms with Crippen molar-refractivity contribution in [2.24, 2.45) is 5.92 Å². The number of rotatable bonds is 5. The third-order valence-electron chi connectivity index (χ3n) is 3.46. The Bertz CT molecular complexity index is 735. The molecule has 0 spiro atoms. The summed E-state index contributed by atoms with van der Waals surface area (Å²) >= 11 is 8.30. The zero-order valence-electron chi connectivity index (χ0n) is 13.3. The molecule has 2 rings (SSSR count). The Morgan fingerprint density at radius 3 is 2.33 bits per heavy atom. The van der Waals surface area contributed by atoms with Gasteiger partial charge in [-0.2, -0.15) is 0 Å². The Kier molecular flexibility index (Phi) is 6.62. The van der Waals surface area contributed by atoms with Crippen molar-refractivity contribution in [2.75, 3.05) is 5.32 Å². The van der Waals surface area contributed by atoms with Gasteiger partial charge in [-0.05, 0) is 58.8 Å². The molecule has 2 aromatic carbocycles. The predicted octanol–water partition coefficient (Wildman–Crippen LogP) is 4.34. The van der Waals surface area contributed by atoms with E-state index in [1.54, 1.807) is 36.4 Å². The summed E-state index contributed by atoms with van der Waals surface area (Å²) in [6.07, 6.45) is 0. The summed E-state index contributed by atoms with van der Waals surface area (Å²) in [7, 11) is 0. The third-order valence-corrected chi connectivity index (χ3v) is 4.44. The molecule has 0 fully saturated rings. The maximum Gasteiger partial charge on any atom is 0.251 e. The fourth-order valence-electron chi connectivity index (χ4n) is 2.15. The lowest BCUT2D eigenvalue weighted by Crippen LogP contribution is -2.47. The van der Waals surface area contributed by atoms with Crippen LogP contribution in [0.15, 0.2) is 48.5 Å². The van der Waals surface area contributed by atoms with Crippen molar-refractivity contribution in [3.8, 4) is 0 Å². The van der Waals surface area contributed by atoms with Crippen LogP contribution < -0.4 is 10.6 Å². The van der Waals surface area contributed by atoms with Crippen molar-refractivity contribution in [3.05, 3.63) is 62.7 Å². The monoisotopic (exact) mass is 456 g/mol. The molecule has 0 saturated carbocycles. The Morgan fingerprint density at radius 2 is 1.75 bits per heavy atom. The number of hydrogen-bond donors (Lipinski definition) is 2. The van der Waals surface area contributed by atoms with Crippen LogP contribution >= 0.6 is 34.2 Å². The molecule has 1 unspecified atom stereocenters. The van der Waals surface area contributed by atoms with Crippen molar-refractivity contribution in [1.82, 2.24) is 5.32 Å². The lowest BCUT2D eigenvalue weighted by atomic mass is 10.0. The number of benzene rings is 2. The van der Waals surface area contributed by atoms with Gasteiger partial charge in [-0.3, -0.25) is 9.59 Å². The zero-order chi connectivity index (χ0) is 17.7. The molecule has 0 aromatic heterocycles. The van der Waals surface area contributed by atoms with Crippen molar-refractivity contribution < 1.29 is 9.59 Å². The molecule has 0 bridgehead atoms.